The van der Waals surface area contributed by atoms with Crippen molar-refractivity contribution in [1.82, 2.24) is 25.2 Å². The average molecular weight is 425 g/mol. The van der Waals surface area contributed by atoms with Gasteiger partial charge in [-0.1, -0.05) is 0 Å². The van der Waals surface area contributed by atoms with E-state index in [0.29, 0.717) is 6.07 Å². The summed E-state index contributed by atoms with van der Waals surface area (Å²) < 4.78 is 60.6. The lowest BCUT2D eigenvalue weighted by atomic mass is 9.32. The molecular formula is C18H15F4N5OS. The van der Waals surface area contributed by atoms with Gasteiger partial charge in [0.1, 0.15) is 18.0 Å². The molecule has 3 aromatic rings. The highest BCUT2D eigenvalue weighted by Crippen LogP contribution is 2.80. The number of tetrazole rings is 1. The molecule has 2 bridgehead atoms. The van der Waals surface area contributed by atoms with Gasteiger partial charge in [-0.25, -0.2) is 22.2 Å². The lowest BCUT2D eigenvalue weighted by Gasteiger charge is -2.73. The van der Waals surface area contributed by atoms with Gasteiger partial charge in [0, 0.05) is 33.5 Å². The smallest absolute Gasteiger partial charge is 0.287 e. The maximum absolute atomic E-state index is 15.9. The second-order valence-corrected chi connectivity index (χ2v) is 8.91. The molecule has 2 heterocycles. The molecule has 0 aliphatic heterocycles. The van der Waals surface area contributed by atoms with Crippen LogP contribution in [0.1, 0.15) is 29.7 Å². The van der Waals surface area contributed by atoms with Gasteiger partial charge in [-0.2, -0.15) is 0 Å². The van der Waals surface area contributed by atoms with Gasteiger partial charge < -0.3 is 5.11 Å². The average Bonchev–Trinajstić information content (AvgIpc) is 3.25. The van der Waals surface area contributed by atoms with E-state index in [0.717, 1.165) is 28.0 Å². The third-order valence-electron chi connectivity index (χ3n) is 6.33. The van der Waals surface area contributed by atoms with E-state index in [1.807, 2.05) is 0 Å². The lowest BCUT2D eigenvalue weighted by Crippen LogP contribution is -2.75. The van der Waals surface area contributed by atoms with Gasteiger partial charge >= 0.3 is 0 Å². The van der Waals surface area contributed by atoms with E-state index in [9.17, 15) is 13.9 Å². The molecule has 0 amide bonds. The fourth-order valence-electron chi connectivity index (χ4n) is 4.96. The normalized spacial score (nSPS) is 27.8. The second kappa shape index (κ2) is 5.82. The molecule has 0 unspecified atom stereocenters. The van der Waals surface area contributed by atoms with E-state index < -0.39 is 40.7 Å². The first-order valence-electron chi connectivity index (χ1n) is 8.87. The number of benzene rings is 1. The van der Waals surface area contributed by atoms with Crippen LogP contribution < -0.4 is 0 Å². The van der Waals surface area contributed by atoms with Crippen LogP contribution in [0.5, 0.6) is 0 Å². The van der Waals surface area contributed by atoms with Gasteiger partial charge in [0.2, 0.25) is 0 Å². The molecule has 6 rings (SSSR count). The van der Waals surface area contributed by atoms with Gasteiger partial charge in [-0.05, 0) is 41.8 Å². The minimum absolute atomic E-state index is 0.163. The molecule has 0 radical (unpaired) electrons. The Bertz CT molecular complexity index is 1040. The summed E-state index contributed by atoms with van der Waals surface area (Å²) in [5, 5.41) is 21.6. The highest BCUT2D eigenvalue weighted by Gasteiger charge is 2.82. The SMILES string of the molecule is O[C@@](Cn1cnnn1)(c1ccc(F)cc1F)C(F)(F)C12CC(c3cncs3)(C1)C2. The largest absolute Gasteiger partial charge is 0.377 e. The van der Waals surface area contributed by atoms with Crippen LogP contribution in [-0.4, -0.2) is 36.2 Å². The first-order chi connectivity index (χ1) is 13.7. The van der Waals surface area contributed by atoms with Crippen LogP contribution in [0, 0.1) is 17.0 Å². The maximum atomic E-state index is 15.9. The van der Waals surface area contributed by atoms with Crippen molar-refractivity contribution in [3.8, 4) is 0 Å². The molecule has 3 aliphatic rings. The lowest BCUT2D eigenvalue weighted by molar-refractivity contribution is -0.347. The number of thiazole rings is 1. The van der Waals surface area contributed by atoms with Crippen molar-refractivity contribution < 1.29 is 22.7 Å². The molecule has 3 fully saturated rings. The van der Waals surface area contributed by atoms with Crippen molar-refractivity contribution in [3.63, 3.8) is 0 Å². The van der Waals surface area contributed by atoms with E-state index >= 15 is 8.78 Å². The molecule has 0 spiro atoms. The van der Waals surface area contributed by atoms with E-state index in [1.165, 1.54) is 11.3 Å². The summed E-state index contributed by atoms with van der Waals surface area (Å²) in [5.41, 5.74) is -3.83. The third-order valence-corrected chi connectivity index (χ3v) is 7.35. The quantitative estimate of drug-likeness (QED) is 0.615. The summed E-state index contributed by atoms with van der Waals surface area (Å²) in [6.45, 7) is -0.773. The highest BCUT2D eigenvalue weighted by atomic mass is 32.1. The van der Waals surface area contributed by atoms with Crippen molar-refractivity contribution in [2.45, 2.75) is 42.7 Å². The van der Waals surface area contributed by atoms with E-state index in [4.69, 9.17) is 0 Å². The van der Waals surface area contributed by atoms with Crippen LogP contribution >= 0.6 is 11.3 Å². The van der Waals surface area contributed by atoms with Crippen LogP contribution in [0.3, 0.4) is 0 Å². The Labute approximate surface area is 166 Å². The predicted octanol–water partition coefficient (Wildman–Crippen LogP) is 3.05. The number of hydrogen-bond donors (Lipinski definition) is 1. The fourth-order valence-corrected chi connectivity index (χ4v) is 5.79. The van der Waals surface area contributed by atoms with Crippen molar-refractivity contribution >= 4 is 11.3 Å². The van der Waals surface area contributed by atoms with Gasteiger partial charge in [0.15, 0.2) is 5.60 Å². The third kappa shape index (κ3) is 2.37. The summed E-state index contributed by atoms with van der Waals surface area (Å²) in [5.74, 6) is -5.88. The second-order valence-electron chi connectivity index (χ2n) is 8.02. The minimum atomic E-state index is -3.71. The summed E-state index contributed by atoms with van der Waals surface area (Å²) in [4.78, 5) is 4.95. The van der Waals surface area contributed by atoms with Crippen LogP contribution in [-0.2, 0) is 17.6 Å². The number of aromatic nitrogens is 5. The number of nitrogens with zero attached hydrogens (tertiary/aromatic N) is 5. The zero-order valence-corrected chi connectivity index (χ0v) is 15.7. The molecule has 6 nitrogen and oxygen atoms in total. The van der Waals surface area contributed by atoms with Crippen LogP contribution in [0.15, 0.2) is 36.2 Å². The van der Waals surface area contributed by atoms with Crippen molar-refractivity contribution in [3.05, 3.63) is 58.3 Å². The van der Waals surface area contributed by atoms with Crippen LogP contribution in [0.2, 0.25) is 0 Å². The zero-order valence-electron chi connectivity index (χ0n) is 14.9. The number of rotatable bonds is 6. The molecule has 152 valence electrons. The molecule has 29 heavy (non-hydrogen) atoms. The van der Waals surface area contributed by atoms with Crippen molar-refractivity contribution in [2.24, 2.45) is 5.41 Å². The Morgan fingerprint density at radius 3 is 2.55 bits per heavy atom. The van der Waals surface area contributed by atoms with Crippen molar-refractivity contribution in [2.75, 3.05) is 0 Å². The summed E-state index contributed by atoms with van der Waals surface area (Å²) in [6.07, 6.45) is 3.23. The van der Waals surface area contributed by atoms with Gasteiger partial charge in [-0.3, -0.25) is 4.98 Å². The number of hydrogen-bond acceptors (Lipinski definition) is 6. The first kappa shape index (κ1) is 18.6. The van der Waals surface area contributed by atoms with Crippen LogP contribution in [0.4, 0.5) is 17.6 Å². The van der Waals surface area contributed by atoms with Crippen molar-refractivity contribution in [1.29, 1.82) is 0 Å². The maximum Gasteiger partial charge on any atom is 0.287 e. The summed E-state index contributed by atoms with van der Waals surface area (Å²) in [7, 11) is 0. The van der Waals surface area contributed by atoms with Gasteiger partial charge in [0.25, 0.3) is 5.92 Å². The summed E-state index contributed by atoms with van der Waals surface area (Å²) in [6, 6.07) is 2.18. The number of halogens is 4. The number of aliphatic hydroxyl groups is 1. The topological polar surface area (TPSA) is 76.7 Å². The number of alkyl halides is 2. The predicted molar refractivity (Wildman–Crippen MR) is 93.1 cm³/mol. The molecule has 2 aromatic heterocycles. The molecule has 11 heteroatoms. The standard InChI is InChI=1S/C18H15F4N5OS/c19-11-1-2-12(13(20)3-11)17(28,8-27-9-24-25-26-27)18(21,22)16-5-15(6-16,7-16)14-4-23-10-29-14/h1-4,9-10,28H,5-8H2/t15?,16?,17-/m0/s1. The molecule has 1 aromatic carbocycles. The van der Waals surface area contributed by atoms with E-state index in [1.54, 1.807) is 11.7 Å². The molecule has 0 saturated heterocycles. The fraction of sp³-hybridized carbons (Fsp3) is 0.444. The van der Waals surface area contributed by atoms with Gasteiger partial charge in [0.05, 0.1) is 12.1 Å². The van der Waals surface area contributed by atoms with Crippen LogP contribution in [0.25, 0.3) is 0 Å². The Hall–Kier alpha value is -2.40. The van der Waals surface area contributed by atoms with E-state index in [2.05, 4.69) is 20.5 Å². The molecule has 1 N–H and O–H groups in total. The molecule has 3 saturated carbocycles. The Morgan fingerprint density at radius 2 is 1.97 bits per heavy atom. The minimum Gasteiger partial charge on any atom is -0.377 e. The van der Waals surface area contributed by atoms with E-state index in [-0.39, 0.29) is 24.7 Å². The molecule has 1 atom stereocenters. The molecule has 3 aliphatic carbocycles. The Kier molecular flexibility index (Phi) is 3.74. The van der Waals surface area contributed by atoms with Gasteiger partial charge in [-0.15, -0.1) is 16.4 Å². The Balaban J connectivity index is 1.54. The monoisotopic (exact) mass is 425 g/mol. The first-order valence-corrected chi connectivity index (χ1v) is 9.75. The summed E-state index contributed by atoms with van der Waals surface area (Å²) >= 11 is 1.41. The highest BCUT2D eigenvalue weighted by molar-refractivity contribution is 7.09. The Morgan fingerprint density at radius 1 is 1.21 bits per heavy atom. The molecular weight excluding hydrogens is 410 g/mol. The zero-order chi connectivity index (χ0) is 20.5.